The number of aryl methyl sites for hydroxylation is 1. The van der Waals surface area contributed by atoms with Crippen molar-refractivity contribution in [2.24, 2.45) is 0 Å². The molecule has 0 bridgehead atoms. The number of rotatable bonds is 2. The summed E-state index contributed by atoms with van der Waals surface area (Å²) in [4.78, 5) is 0. The van der Waals surface area contributed by atoms with Gasteiger partial charge in [-0.05, 0) is 60.8 Å². The zero-order valence-corrected chi connectivity index (χ0v) is 10.2. The first-order valence-electron chi connectivity index (χ1n) is 6.72. The lowest BCUT2D eigenvalue weighted by molar-refractivity contribution is 0.710. The molecule has 0 saturated heterocycles. The van der Waals surface area contributed by atoms with Crippen molar-refractivity contribution in [3.63, 3.8) is 0 Å². The number of fused-ring (bicyclic) bond motifs is 2. The second-order valence-electron chi connectivity index (χ2n) is 5.17. The summed E-state index contributed by atoms with van der Waals surface area (Å²) >= 11 is 0. The monoisotopic (exact) mass is 212 g/mol. The van der Waals surface area contributed by atoms with E-state index in [0.717, 1.165) is 0 Å². The van der Waals surface area contributed by atoms with E-state index in [1.54, 1.807) is 27.8 Å². The SMILES string of the molecule is CCCc1cccc2c1C1=C(CCCC1)C2. The fourth-order valence-corrected chi connectivity index (χ4v) is 3.36. The molecule has 0 saturated carbocycles. The molecule has 0 aromatic heterocycles. The minimum absolute atomic E-state index is 1.25. The van der Waals surface area contributed by atoms with Crippen LogP contribution in [-0.2, 0) is 12.8 Å². The fourth-order valence-electron chi connectivity index (χ4n) is 3.36. The van der Waals surface area contributed by atoms with E-state index >= 15 is 0 Å². The van der Waals surface area contributed by atoms with E-state index in [1.165, 1.54) is 44.9 Å². The maximum absolute atomic E-state index is 2.34. The van der Waals surface area contributed by atoms with Crippen molar-refractivity contribution in [3.05, 3.63) is 40.5 Å². The van der Waals surface area contributed by atoms with Gasteiger partial charge < -0.3 is 0 Å². The van der Waals surface area contributed by atoms with Crippen LogP contribution in [0.25, 0.3) is 5.57 Å². The quantitative estimate of drug-likeness (QED) is 0.676. The maximum atomic E-state index is 2.34. The van der Waals surface area contributed by atoms with Gasteiger partial charge in [0, 0.05) is 0 Å². The highest BCUT2D eigenvalue weighted by molar-refractivity contribution is 5.79. The Hall–Kier alpha value is -1.04. The zero-order chi connectivity index (χ0) is 11.0. The molecule has 84 valence electrons. The Balaban J connectivity index is 2.08. The molecule has 2 aliphatic rings. The predicted octanol–water partition coefficient (Wildman–Crippen LogP) is 4.52. The lowest BCUT2D eigenvalue weighted by Gasteiger charge is -2.16. The van der Waals surface area contributed by atoms with E-state index < -0.39 is 0 Å². The first-order chi connectivity index (χ1) is 7.90. The van der Waals surface area contributed by atoms with Crippen LogP contribution in [0.2, 0.25) is 0 Å². The Kier molecular flexibility index (Phi) is 2.59. The molecule has 0 N–H and O–H groups in total. The molecule has 0 unspecified atom stereocenters. The summed E-state index contributed by atoms with van der Waals surface area (Å²) in [5.74, 6) is 0. The van der Waals surface area contributed by atoms with Gasteiger partial charge in [0.1, 0.15) is 0 Å². The zero-order valence-electron chi connectivity index (χ0n) is 10.2. The summed E-state index contributed by atoms with van der Waals surface area (Å²) in [5.41, 5.74) is 8.35. The van der Waals surface area contributed by atoms with Crippen molar-refractivity contribution in [1.29, 1.82) is 0 Å². The molecule has 0 radical (unpaired) electrons. The van der Waals surface area contributed by atoms with Crippen LogP contribution in [-0.4, -0.2) is 0 Å². The maximum Gasteiger partial charge on any atom is -0.00549 e. The minimum Gasteiger partial charge on any atom is -0.0651 e. The van der Waals surface area contributed by atoms with Gasteiger partial charge in [-0.1, -0.05) is 37.1 Å². The van der Waals surface area contributed by atoms with Crippen LogP contribution in [0.1, 0.15) is 55.7 Å². The minimum atomic E-state index is 1.25. The number of allylic oxidation sites excluding steroid dienone is 2. The fraction of sp³-hybridized carbons (Fsp3) is 0.500. The van der Waals surface area contributed by atoms with Gasteiger partial charge in [0.05, 0.1) is 0 Å². The van der Waals surface area contributed by atoms with Gasteiger partial charge in [-0.25, -0.2) is 0 Å². The number of benzene rings is 1. The molecule has 1 aromatic rings. The van der Waals surface area contributed by atoms with Crippen LogP contribution in [0.3, 0.4) is 0 Å². The molecule has 0 amide bonds. The van der Waals surface area contributed by atoms with Crippen molar-refractivity contribution in [1.82, 2.24) is 0 Å². The third-order valence-electron chi connectivity index (χ3n) is 4.04. The molecule has 16 heavy (non-hydrogen) atoms. The first-order valence-corrected chi connectivity index (χ1v) is 6.72. The third kappa shape index (κ3) is 1.52. The van der Waals surface area contributed by atoms with Crippen LogP contribution >= 0.6 is 0 Å². The lowest BCUT2D eigenvalue weighted by Crippen LogP contribution is -1.97. The van der Waals surface area contributed by atoms with E-state index in [0.29, 0.717) is 0 Å². The summed E-state index contributed by atoms with van der Waals surface area (Å²) in [7, 11) is 0. The second-order valence-corrected chi connectivity index (χ2v) is 5.17. The summed E-state index contributed by atoms with van der Waals surface area (Å²) < 4.78 is 0. The topological polar surface area (TPSA) is 0 Å². The number of hydrogen-bond donors (Lipinski definition) is 0. The summed E-state index contributed by atoms with van der Waals surface area (Å²) in [6.07, 6.45) is 9.27. The molecule has 3 rings (SSSR count). The van der Waals surface area contributed by atoms with E-state index in [4.69, 9.17) is 0 Å². The molecule has 0 atom stereocenters. The highest BCUT2D eigenvalue weighted by Gasteiger charge is 2.25. The standard InChI is InChI=1S/C16H20/c1-2-6-12-8-5-9-14-11-13-7-3-4-10-15(13)16(12)14/h5,8-9H,2-4,6-7,10-11H2,1H3. The van der Waals surface area contributed by atoms with Gasteiger partial charge in [-0.2, -0.15) is 0 Å². The van der Waals surface area contributed by atoms with Gasteiger partial charge in [0.15, 0.2) is 0 Å². The Bertz CT molecular complexity index is 437. The molecule has 2 aliphatic carbocycles. The van der Waals surface area contributed by atoms with E-state index in [-0.39, 0.29) is 0 Å². The van der Waals surface area contributed by atoms with Crippen molar-refractivity contribution in [2.45, 2.75) is 51.9 Å². The predicted molar refractivity (Wildman–Crippen MR) is 69.5 cm³/mol. The molecule has 0 nitrogen and oxygen atoms in total. The van der Waals surface area contributed by atoms with Crippen LogP contribution in [0.15, 0.2) is 23.8 Å². The summed E-state index contributed by atoms with van der Waals surface area (Å²) in [6.45, 7) is 2.28. The average Bonchev–Trinajstić information content (AvgIpc) is 2.68. The van der Waals surface area contributed by atoms with Gasteiger partial charge in [0.2, 0.25) is 0 Å². The highest BCUT2D eigenvalue weighted by Crippen LogP contribution is 2.43. The van der Waals surface area contributed by atoms with Crippen molar-refractivity contribution < 1.29 is 0 Å². The van der Waals surface area contributed by atoms with E-state index in [2.05, 4.69) is 25.1 Å². The van der Waals surface area contributed by atoms with Crippen LogP contribution < -0.4 is 0 Å². The molecule has 0 heterocycles. The van der Waals surface area contributed by atoms with Gasteiger partial charge in [0.25, 0.3) is 0 Å². The van der Waals surface area contributed by atoms with E-state index in [1.807, 2.05) is 0 Å². The van der Waals surface area contributed by atoms with Gasteiger partial charge in [-0.15, -0.1) is 0 Å². The summed E-state index contributed by atoms with van der Waals surface area (Å²) in [5, 5.41) is 0. The first kappa shape index (κ1) is 10.1. The Morgan fingerprint density at radius 2 is 2.00 bits per heavy atom. The largest absolute Gasteiger partial charge is 0.0651 e. The molecule has 0 fully saturated rings. The van der Waals surface area contributed by atoms with Crippen LogP contribution in [0.5, 0.6) is 0 Å². The summed E-state index contributed by atoms with van der Waals surface area (Å²) in [6, 6.07) is 6.93. The molecule has 1 aromatic carbocycles. The Morgan fingerprint density at radius 3 is 2.88 bits per heavy atom. The van der Waals surface area contributed by atoms with E-state index in [9.17, 15) is 0 Å². The van der Waals surface area contributed by atoms with Crippen molar-refractivity contribution in [2.75, 3.05) is 0 Å². The molecular formula is C16H20. The van der Waals surface area contributed by atoms with Gasteiger partial charge in [-0.3, -0.25) is 0 Å². The molecule has 0 heteroatoms. The Morgan fingerprint density at radius 1 is 1.12 bits per heavy atom. The number of hydrogen-bond acceptors (Lipinski definition) is 0. The van der Waals surface area contributed by atoms with Crippen LogP contribution in [0.4, 0.5) is 0 Å². The van der Waals surface area contributed by atoms with Crippen LogP contribution in [0, 0.1) is 0 Å². The molecule has 0 spiro atoms. The highest BCUT2D eigenvalue weighted by atomic mass is 14.3. The second kappa shape index (κ2) is 4.08. The normalized spacial score (nSPS) is 18.6. The van der Waals surface area contributed by atoms with Gasteiger partial charge >= 0.3 is 0 Å². The molecular weight excluding hydrogens is 192 g/mol. The Labute approximate surface area is 98.4 Å². The van der Waals surface area contributed by atoms with Crippen molar-refractivity contribution >= 4 is 5.57 Å². The lowest BCUT2D eigenvalue weighted by atomic mass is 9.89. The third-order valence-corrected chi connectivity index (χ3v) is 4.04. The average molecular weight is 212 g/mol. The van der Waals surface area contributed by atoms with Crippen molar-refractivity contribution in [3.8, 4) is 0 Å². The molecule has 0 aliphatic heterocycles. The smallest absolute Gasteiger partial charge is 0.00549 e.